The van der Waals surface area contributed by atoms with E-state index in [2.05, 4.69) is 4.90 Å². The van der Waals surface area contributed by atoms with E-state index in [0.717, 1.165) is 25.2 Å². The molecule has 1 aliphatic rings. The summed E-state index contributed by atoms with van der Waals surface area (Å²) in [6.07, 6.45) is 4.29. The Labute approximate surface area is 155 Å². The minimum absolute atomic E-state index is 0.124. The third-order valence-corrected chi connectivity index (χ3v) is 4.38. The molecule has 0 spiro atoms. The van der Waals surface area contributed by atoms with Crippen LogP contribution in [0.25, 0.3) is 6.08 Å². The standard InChI is InChI=1S/C22H25NO3/c1-18(24)22(17-19-9-3-2-4-10-19)26-21-12-6-5-11-20(21)25-16-15-23-13-7-8-14-23/h2-6,9-12,17H,7-8,13-16H2,1H3/b22-17+. The first-order chi connectivity index (χ1) is 12.7. The van der Waals surface area contributed by atoms with E-state index < -0.39 is 0 Å². The van der Waals surface area contributed by atoms with Gasteiger partial charge in [0.05, 0.1) is 0 Å². The highest BCUT2D eigenvalue weighted by molar-refractivity contribution is 5.96. The molecular formula is C22H25NO3. The third kappa shape index (κ3) is 5.20. The summed E-state index contributed by atoms with van der Waals surface area (Å²) in [7, 11) is 0. The average Bonchev–Trinajstić information content (AvgIpc) is 3.17. The van der Waals surface area contributed by atoms with E-state index in [-0.39, 0.29) is 5.78 Å². The number of nitrogens with zero attached hydrogens (tertiary/aromatic N) is 1. The Kier molecular flexibility index (Phi) is 6.45. The molecule has 0 unspecified atom stereocenters. The van der Waals surface area contributed by atoms with Crippen LogP contribution in [0.1, 0.15) is 25.3 Å². The summed E-state index contributed by atoms with van der Waals surface area (Å²) < 4.78 is 11.8. The molecule has 0 radical (unpaired) electrons. The van der Waals surface area contributed by atoms with Crippen LogP contribution in [0.2, 0.25) is 0 Å². The molecule has 0 N–H and O–H groups in total. The Bertz CT molecular complexity index is 749. The summed E-state index contributed by atoms with van der Waals surface area (Å²) >= 11 is 0. The lowest BCUT2D eigenvalue weighted by atomic mass is 10.2. The van der Waals surface area contributed by atoms with Crippen LogP contribution in [0.3, 0.4) is 0 Å². The summed E-state index contributed by atoms with van der Waals surface area (Å²) in [5.41, 5.74) is 0.921. The van der Waals surface area contributed by atoms with Gasteiger partial charge in [-0.1, -0.05) is 42.5 Å². The molecule has 4 heteroatoms. The highest BCUT2D eigenvalue weighted by Gasteiger charge is 2.13. The van der Waals surface area contributed by atoms with Crippen LogP contribution in [0, 0.1) is 0 Å². The van der Waals surface area contributed by atoms with Crippen molar-refractivity contribution < 1.29 is 14.3 Å². The number of carbonyl (C=O) groups is 1. The van der Waals surface area contributed by atoms with Crippen molar-refractivity contribution in [2.24, 2.45) is 0 Å². The highest BCUT2D eigenvalue weighted by Crippen LogP contribution is 2.29. The lowest BCUT2D eigenvalue weighted by Gasteiger charge is -2.17. The average molecular weight is 351 g/mol. The summed E-state index contributed by atoms with van der Waals surface area (Å²) in [5, 5.41) is 0. The number of likely N-dealkylation sites (tertiary alicyclic amines) is 1. The van der Waals surface area contributed by atoms with E-state index in [0.29, 0.717) is 23.9 Å². The molecule has 0 aliphatic carbocycles. The molecule has 0 saturated carbocycles. The van der Waals surface area contributed by atoms with Crippen molar-refractivity contribution in [3.05, 3.63) is 65.9 Å². The maximum Gasteiger partial charge on any atom is 0.194 e. The fraction of sp³-hybridized carbons (Fsp3) is 0.318. The number of Topliss-reactive ketones (excluding diaryl/α,β-unsaturated/α-hetero) is 1. The lowest BCUT2D eigenvalue weighted by molar-refractivity contribution is -0.115. The van der Waals surface area contributed by atoms with Gasteiger partial charge in [-0.25, -0.2) is 0 Å². The molecule has 1 fully saturated rings. The van der Waals surface area contributed by atoms with Gasteiger partial charge in [-0.05, 0) is 49.7 Å². The number of rotatable bonds is 8. The van der Waals surface area contributed by atoms with Crippen LogP contribution in [0.4, 0.5) is 0 Å². The van der Waals surface area contributed by atoms with Gasteiger partial charge < -0.3 is 9.47 Å². The summed E-state index contributed by atoms with van der Waals surface area (Å²) in [6, 6.07) is 17.2. The minimum Gasteiger partial charge on any atom is -0.488 e. The first kappa shape index (κ1) is 18.2. The van der Waals surface area contributed by atoms with Crippen molar-refractivity contribution in [2.75, 3.05) is 26.2 Å². The number of ether oxygens (including phenoxy) is 2. The van der Waals surface area contributed by atoms with Gasteiger partial charge in [0.15, 0.2) is 23.0 Å². The number of hydrogen-bond donors (Lipinski definition) is 0. The number of para-hydroxylation sites is 2. The zero-order chi connectivity index (χ0) is 18.2. The van der Waals surface area contributed by atoms with Crippen LogP contribution < -0.4 is 9.47 Å². The van der Waals surface area contributed by atoms with Crippen LogP contribution in [0.5, 0.6) is 11.5 Å². The fourth-order valence-electron chi connectivity index (χ4n) is 2.97. The topological polar surface area (TPSA) is 38.8 Å². The second kappa shape index (κ2) is 9.20. The molecule has 2 aromatic carbocycles. The Hall–Kier alpha value is -2.59. The molecule has 0 amide bonds. The van der Waals surface area contributed by atoms with Gasteiger partial charge in [-0.15, -0.1) is 0 Å². The second-order valence-electron chi connectivity index (χ2n) is 6.42. The normalized spacial score (nSPS) is 15.0. The van der Waals surface area contributed by atoms with Gasteiger partial charge >= 0.3 is 0 Å². The Balaban J connectivity index is 1.69. The molecule has 0 atom stereocenters. The van der Waals surface area contributed by atoms with Gasteiger partial charge in [0.1, 0.15) is 6.61 Å². The van der Waals surface area contributed by atoms with Gasteiger partial charge in [-0.3, -0.25) is 9.69 Å². The van der Waals surface area contributed by atoms with E-state index in [1.807, 2.05) is 54.6 Å². The van der Waals surface area contributed by atoms with Gasteiger partial charge in [0.2, 0.25) is 0 Å². The van der Waals surface area contributed by atoms with E-state index in [1.54, 1.807) is 6.08 Å². The van der Waals surface area contributed by atoms with E-state index in [4.69, 9.17) is 9.47 Å². The maximum absolute atomic E-state index is 12.0. The monoisotopic (exact) mass is 351 g/mol. The molecule has 26 heavy (non-hydrogen) atoms. The van der Waals surface area contributed by atoms with Crippen LogP contribution in [0.15, 0.2) is 60.4 Å². The van der Waals surface area contributed by atoms with Crippen molar-refractivity contribution in [3.8, 4) is 11.5 Å². The Morgan fingerprint density at radius 2 is 1.65 bits per heavy atom. The van der Waals surface area contributed by atoms with Crippen molar-refractivity contribution in [1.29, 1.82) is 0 Å². The first-order valence-corrected chi connectivity index (χ1v) is 9.12. The largest absolute Gasteiger partial charge is 0.488 e. The van der Waals surface area contributed by atoms with Gasteiger partial charge in [-0.2, -0.15) is 0 Å². The molecule has 3 rings (SSSR count). The second-order valence-corrected chi connectivity index (χ2v) is 6.42. The van der Waals surface area contributed by atoms with Crippen molar-refractivity contribution in [1.82, 2.24) is 4.90 Å². The maximum atomic E-state index is 12.0. The summed E-state index contributed by atoms with van der Waals surface area (Å²) in [6.45, 7) is 5.32. The van der Waals surface area contributed by atoms with Gasteiger partial charge in [0.25, 0.3) is 0 Å². The van der Waals surface area contributed by atoms with Crippen molar-refractivity contribution in [2.45, 2.75) is 19.8 Å². The number of ketones is 1. The summed E-state index contributed by atoms with van der Waals surface area (Å²) in [5.74, 6) is 1.39. The van der Waals surface area contributed by atoms with Crippen LogP contribution in [-0.2, 0) is 4.79 Å². The zero-order valence-corrected chi connectivity index (χ0v) is 15.2. The van der Waals surface area contributed by atoms with Gasteiger partial charge in [0, 0.05) is 13.5 Å². The third-order valence-electron chi connectivity index (χ3n) is 4.38. The quantitative estimate of drug-likeness (QED) is 0.528. The Morgan fingerprint density at radius 3 is 2.35 bits per heavy atom. The van der Waals surface area contributed by atoms with E-state index >= 15 is 0 Å². The number of hydrogen-bond acceptors (Lipinski definition) is 4. The first-order valence-electron chi connectivity index (χ1n) is 9.12. The molecule has 1 aliphatic heterocycles. The summed E-state index contributed by atoms with van der Waals surface area (Å²) in [4.78, 5) is 14.4. The number of benzene rings is 2. The molecule has 1 heterocycles. The predicted octanol–water partition coefficient (Wildman–Crippen LogP) is 4.17. The molecule has 0 bridgehead atoms. The fourth-order valence-corrected chi connectivity index (χ4v) is 2.97. The number of allylic oxidation sites excluding steroid dienone is 1. The molecular weight excluding hydrogens is 326 g/mol. The molecule has 0 aromatic heterocycles. The van der Waals surface area contributed by atoms with E-state index in [1.165, 1.54) is 19.8 Å². The lowest BCUT2D eigenvalue weighted by Crippen LogP contribution is -2.25. The Morgan fingerprint density at radius 1 is 1.00 bits per heavy atom. The van der Waals surface area contributed by atoms with Crippen LogP contribution >= 0.6 is 0 Å². The SMILES string of the molecule is CC(=O)/C(=C\c1ccccc1)Oc1ccccc1OCCN1CCCC1. The minimum atomic E-state index is -0.124. The van der Waals surface area contributed by atoms with E-state index in [9.17, 15) is 4.79 Å². The molecule has 4 nitrogen and oxygen atoms in total. The van der Waals surface area contributed by atoms with Crippen LogP contribution in [-0.4, -0.2) is 36.9 Å². The molecule has 136 valence electrons. The molecule has 1 saturated heterocycles. The number of carbonyl (C=O) groups excluding carboxylic acids is 1. The highest BCUT2D eigenvalue weighted by atomic mass is 16.5. The van der Waals surface area contributed by atoms with Crippen molar-refractivity contribution >= 4 is 11.9 Å². The zero-order valence-electron chi connectivity index (χ0n) is 15.2. The predicted molar refractivity (Wildman–Crippen MR) is 103 cm³/mol. The smallest absolute Gasteiger partial charge is 0.194 e. The van der Waals surface area contributed by atoms with Crippen molar-refractivity contribution in [3.63, 3.8) is 0 Å². The molecule has 2 aromatic rings.